The van der Waals surface area contributed by atoms with Crippen LogP contribution in [0.1, 0.15) is 44.3 Å². The first kappa shape index (κ1) is 12.1. The van der Waals surface area contributed by atoms with Gasteiger partial charge < -0.3 is 9.84 Å². The molecule has 21 heavy (non-hydrogen) atoms. The summed E-state index contributed by atoms with van der Waals surface area (Å²) in [6.07, 6.45) is 0.733. The molecule has 104 valence electrons. The van der Waals surface area contributed by atoms with Crippen LogP contribution in [0.4, 0.5) is 0 Å². The second kappa shape index (κ2) is 3.95. The van der Waals surface area contributed by atoms with E-state index in [0.29, 0.717) is 16.9 Å². The van der Waals surface area contributed by atoms with Crippen LogP contribution in [0.3, 0.4) is 0 Å². The maximum absolute atomic E-state index is 12.7. The molecule has 4 heteroatoms. The van der Waals surface area contributed by atoms with Crippen molar-refractivity contribution in [2.75, 3.05) is 0 Å². The van der Waals surface area contributed by atoms with E-state index in [-0.39, 0.29) is 34.5 Å². The Balaban J connectivity index is 2.02. The number of benzene rings is 2. The normalized spacial score (nSPS) is 18.8. The van der Waals surface area contributed by atoms with E-state index in [2.05, 4.69) is 0 Å². The highest BCUT2D eigenvalue weighted by Crippen LogP contribution is 2.41. The van der Waals surface area contributed by atoms with Gasteiger partial charge in [0.25, 0.3) is 0 Å². The monoisotopic (exact) mass is 280 g/mol. The maximum Gasteiger partial charge on any atom is 0.198 e. The number of hydrogen-bond acceptors (Lipinski definition) is 4. The number of ether oxygens (including phenoxy) is 1. The number of rotatable bonds is 0. The molecule has 1 aliphatic carbocycles. The Kier molecular flexibility index (Phi) is 2.28. The molecule has 0 radical (unpaired) electrons. The molecule has 1 heterocycles. The van der Waals surface area contributed by atoms with E-state index in [1.54, 1.807) is 18.2 Å². The zero-order valence-corrected chi connectivity index (χ0v) is 11.3. The summed E-state index contributed by atoms with van der Waals surface area (Å²) in [5.74, 6) is -0.233. The Hall–Kier alpha value is -2.62. The number of ketones is 2. The van der Waals surface area contributed by atoms with E-state index in [1.807, 2.05) is 13.0 Å². The standard InChI is InChI=1S/C17H12O4/c1-8-7-9-5-6-11-14(17(9)21-8)16(20)10-3-2-4-12(18)13(10)15(11)19/h2-6,8,18H,7H2,1H3. The van der Waals surface area contributed by atoms with Gasteiger partial charge in [-0.2, -0.15) is 0 Å². The van der Waals surface area contributed by atoms with Crippen molar-refractivity contribution in [3.8, 4) is 11.5 Å². The van der Waals surface area contributed by atoms with E-state index in [9.17, 15) is 14.7 Å². The number of fused-ring (bicyclic) bond motifs is 4. The minimum atomic E-state index is -0.330. The van der Waals surface area contributed by atoms with Crippen LogP contribution in [0, 0.1) is 0 Å². The van der Waals surface area contributed by atoms with E-state index in [0.717, 1.165) is 12.0 Å². The summed E-state index contributed by atoms with van der Waals surface area (Å²) in [5, 5.41) is 9.90. The van der Waals surface area contributed by atoms with Gasteiger partial charge in [-0.15, -0.1) is 0 Å². The van der Waals surface area contributed by atoms with Gasteiger partial charge in [-0.05, 0) is 24.6 Å². The van der Waals surface area contributed by atoms with Crippen molar-refractivity contribution in [1.29, 1.82) is 0 Å². The molecule has 0 saturated carbocycles. The molecular formula is C17H12O4. The van der Waals surface area contributed by atoms with Gasteiger partial charge in [-0.25, -0.2) is 0 Å². The van der Waals surface area contributed by atoms with Gasteiger partial charge in [-0.3, -0.25) is 9.59 Å². The van der Waals surface area contributed by atoms with Crippen molar-refractivity contribution in [2.45, 2.75) is 19.4 Å². The average Bonchev–Trinajstić information content (AvgIpc) is 2.84. The quantitative estimate of drug-likeness (QED) is 0.687. The molecule has 2 aromatic carbocycles. The second-order valence-corrected chi connectivity index (χ2v) is 5.47. The van der Waals surface area contributed by atoms with Crippen LogP contribution in [0.25, 0.3) is 0 Å². The molecule has 2 aromatic rings. The molecule has 2 aliphatic rings. The molecule has 4 rings (SSSR count). The summed E-state index contributed by atoms with van der Waals surface area (Å²) in [6, 6.07) is 8.03. The lowest BCUT2D eigenvalue weighted by atomic mass is 9.82. The average molecular weight is 280 g/mol. The fraction of sp³-hybridized carbons (Fsp3) is 0.176. The number of carbonyl (C=O) groups excluding carboxylic acids is 2. The van der Waals surface area contributed by atoms with Gasteiger partial charge in [-0.1, -0.05) is 18.2 Å². The Morgan fingerprint density at radius 1 is 1.05 bits per heavy atom. The summed E-state index contributed by atoms with van der Waals surface area (Å²) in [7, 11) is 0. The highest BCUT2D eigenvalue weighted by Gasteiger charge is 2.37. The highest BCUT2D eigenvalue weighted by molar-refractivity contribution is 6.30. The molecule has 0 amide bonds. The first-order valence-corrected chi connectivity index (χ1v) is 6.82. The number of carbonyl (C=O) groups is 2. The van der Waals surface area contributed by atoms with E-state index < -0.39 is 0 Å². The lowest BCUT2D eigenvalue weighted by molar-refractivity contribution is 0.0972. The lowest BCUT2D eigenvalue weighted by Crippen LogP contribution is -2.22. The maximum atomic E-state index is 12.7. The van der Waals surface area contributed by atoms with Crippen LogP contribution in [0.15, 0.2) is 30.3 Å². The lowest BCUT2D eigenvalue weighted by Gasteiger charge is -2.20. The molecule has 0 fully saturated rings. The Bertz CT molecular complexity index is 820. The van der Waals surface area contributed by atoms with E-state index >= 15 is 0 Å². The summed E-state index contributed by atoms with van der Waals surface area (Å²) >= 11 is 0. The van der Waals surface area contributed by atoms with Gasteiger partial charge in [0.2, 0.25) is 0 Å². The van der Waals surface area contributed by atoms with Crippen LogP contribution in [-0.4, -0.2) is 22.8 Å². The van der Waals surface area contributed by atoms with Crippen LogP contribution in [0.2, 0.25) is 0 Å². The topological polar surface area (TPSA) is 63.6 Å². The Morgan fingerprint density at radius 2 is 1.76 bits per heavy atom. The molecule has 4 nitrogen and oxygen atoms in total. The number of phenols is 1. The first-order valence-electron chi connectivity index (χ1n) is 6.82. The third-order valence-corrected chi connectivity index (χ3v) is 4.05. The van der Waals surface area contributed by atoms with Gasteiger partial charge in [0.15, 0.2) is 11.6 Å². The SMILES string of the molecule is CC1Cc2ccc3c(c2O1)C(=O)c1cccc(O)c1C3=O. The molecule has 0 bridgehead atoms. The summed E-state index contributed by atoms with van der Waals surface area (Å²) in [5.41, 5.74) is 1.91. The number of hydrogen-bond donors (Lipinski definition) is 1. The van der Waals surface area contributed by atoms with Crippen molar-refractivity contribution in [2.24, 2.45) is 0 Å². The summed E-state index contributed by atoms with van der Waals surface area (Å²) < 4.78 is 5.73. The fourth-order valence-electron chi connectivity index (χ4n) is 3.13. The minimum absolute atomic E-state index is 0.0000230. The van der Waals surface area contributed by atoms with Crippen molar-refractivity contribution < 1.29 is 19.4 Å². The molecule has 1 aliphatic heterocycles. The van der Waals surface area contributed by atoms with Crippen LogP contribution < -0.4 is 4.74 Å². The number of aromatic hydroxyl groups is 1. The smallest absolute Gasteiger partial charge is 0.198 e. The predicted octanol–water partition coefficient (Wildman–Crippen LogP) is 2.49. The molecule has 1 N–H and O–H groups in total. The van der Waals surface area contributed by atoms with Gasteiger partial charge in [0.05, 0.1) is 11.1 Å². The van der Waals surface area contributed by atoms with Crippen molar-refractivity contribution in [3.05, 3.63) is 58.1 Å². The fourth-order valence-corrected chi connectivity index (χ4v) is 3.13. The summed E-state index contributed by atoms with van der Waals surface area (Å²) in [4.78, 5) is 25.3. The van der Waals surface area contributed by atoms with Crippen molar-refractivity contribution >= 4 is 11.6 Å². The third kappa shape index (κ3) is 1.50. The van der Waals surface area contributed by atoms with Crippen molar-refractivity contribution in [1.82, 2.24) is 0 Å². The zero-order chi connectivity index (χ0) is 14.7. The minimum Gasteiger partial charge on any atom is -0.507 e. The molecule has 0 saturated heterocycles. The highest BCUT2D eigenvalue weighted by atomic mass is 16.5. The Labute approximate surface area is 121 Å². The molecule has 0 spiro atoms. The summed E-state index contributed by atoms with van der Waals surface area (Å²) in [6.45, 7) is 1.93. The van der Waals surface area contributed by atoms with Gasteiger partial charge in [0.1, 0.15) is 17.6 Å². The molecule has 1 unspecified atom stereocenters. The molecular weight excluding hydrogens is 268 g/mol. The predicted molar refractivity (Wildman–Crippen MR) is 75.2 cm³/mol. The van der Waals surface area contributed by atoms with E-state index in [1.165, 1.54) is 6.07 Å². The molecule has 1 atom stereocenters. The largest absolute Gasteiger partial charge is 0.507 e. The van der Waals surface area contributed by atoms with E-state index in [4.69, 9.17) is 4.74 Å². The van der Waals surface area contributed by atoms with Crippen molar-refractivity contribution in [3.63, 3.8) is 0 Å². The Morgan fingerprint density at radius 3 is 2.57 bits per heavy atom. The number of phenolic OH excluding ortho intramolecular Hbond substituents is 1. The van der Waals surface area contributed by atoms with Gasteiger partial charge in [0, 0.05) is 17.5 Å². The van der Waals surface area contributed by atoms with Gasteiger partial charge >= 0.3 is 0 Å². The molecule has 0 aromatic heterocycles. The van der Waals surface area contributed by atoms with Crippen LogP contribution >= 0.6 is 0 Å². The van der Waals surface area contributed by atoms with Crippen LogP contribution in [-0.2, 0) is 6.42 Å². The second-order valence-electron chi connectivity index (χ2n) is 5.47. The van der Waals surface area contributed by atoms with Crippen LogP contribution in [0.5, 0.6) is 11.5 Å². The first-order chi connectivity index (χ1) is 10.1. The zero-order valence-electron chi connectivity index (χ0n) is 11.3. The third-order valence-electron chi connectivity index (χ3n) is 4.05.